The lowest BCUT2D eigenvalue weighted by atomic mass is 10.1. The highest BCUT2D eigenvalue weighted by Gasteiger charge is 2.25. The summed E-state index contributed by atoms with van der Waals surface area (Å²) in [7, 11) is -3.05. The number of nitrogens with one attached hydrogen (secondary N) is 1. The van der Waals surface area contributed by atoms with E-state index in [1.807, 2.05) is 6.07 Å². The van der Waals surface area contributed by atoms with Gasteiger partial charge in [-0.05, 0) is 25.5 Å². The summed E-state index contributed by atoms with van der Waals surface area (Å²) in [5.41, 5.74) is 3.69. The summed E-state index contributed by atoms with van der Waals surface area (Å²) in [6.07, 6.45) is 0. The van der Waals surface area contributed by atoms with E-state index in [2.05, 4.69) is 35.0 Å². The number of benzene rings is 1. The van der Waals surface area contributed by atoms with Crippen LogP contribution in [0.2, 0.25) is 0 Å². The molecule has 0 aliphatic carbocycles. The van der Waals surface area contributed by atoms with Crippen LogP contribution in [0.15, 0.2) is 24.3 Å². The van der Waals surface area contributed by atoms with Crippen LogP contribution < -0.4 is 0 Å². The van der Waals surface area contributed by atoms with Gasteiger partial charge in [-0.2, -0.15) is 4.31 Å². The van der Waals surface area contributed by atoms with Crippen molar-refractivity contribution in [2.24, 2.45) is 0 Å². The average Bonchev–Trinajstić information content (AvgIpc) is 2.84. The smallest absolute Gasteiger partial charge is 0.213 e. The molecule has 2 heterocycles. The van der Waals surface area contributed by atoms with Gasteiger partial charge in [0.2, 0.25) is 10.0 Å². The fraction of sp³-hybridized carbons (Fsp3) is 0.500. The van der Waals surface area contributed by atoms with E-state index < -0.39 is 10.0 Å². The highest BCUT2D eigenvalue weighted by Crippen LogP contribution is 2.24. The minimum Gasteiger partial charge on any atom is -0.358 e. The number of fused-ring (bicyclic) bond motifs is 1. The summed E-state index contributed by atoms with van der Waals surface area (Å²) in [6, 6.07) is 8.34. The lowest BCUT2D eigenvalue weighted by molar-refractivity contribution is 0.182. The van der Waals surface area contributed by atoms with Crippen LogP contribution in [0.1, 0.15) is 18.2 Å². The number of H-pyrrole nitrogens is 1. The molecule has 1 aromatic carbocycles. The second-order valence-electron chi connectivity index (χ2n) is 5.85. The second kappa shape index (κ2) is 6.02. The van der Waals surface area contributed by atoms with Crippen molar-refractivity contribution in [1.82, 2.24) is 14.2 Å². The number of hydrogen-bond acceptors (Lipinski definition) is 3. The first kappa shape index (κ1) is 15.5. The van der Waals surface area contributed by atoms with Gasteiger partial charge in [0, 0.05) is 49.3 Å². The Hall–Kier alpha value is -1.37. The van der Waals surface area contributed by atoms with Crippen LogP contribution in [0.25, 0.3) is 10.9 Å². The lowest BCUT2D eigenvalue weighted by Crippen LogP contribution is -2.48. The van der Waals surface area contributed by atoms with Gasteiger partial charge in [-0.3, -0.25) is 4.90 Å². The molecular weight excluding hydrogens is 298 g/mol. The number of sulfonamides is 1. The Morgan fingerprint density at radius 2 is 1.82 bits per heavy atom. The van der Waals surface area contributed by atoms with Gasteiger partial charge in [-0.25, -0.2) is 8.42 Å². The maximum absolute atomic E-state index is 11.9. The number of piperazine rings is 1. The van der Waals surface area contributed by atoms with E-state index in [9.17, 15) is 8.42 Å². The zero-order chi connectivity index (χ0) is 15.7. The van der Waals surface area contributed by atoms with Gasteiger partial charge in [-0.1, -0.05) is 18.2 Å². The molecule has 0 spiro atoms. The first-order valence-corrected chi connectivity index (χ1v) is 9.38. The van der Waals surface area contributed by atoms with E-state index >= 15 is 0 Å². The van der Waals surface area contributed by atoms with Gasteiger partial charge >= 0.3 is 0 Å². The topological polar surface area (TPSA) is 56.4 Å². The largest absolute Gasteiger partial charge is 0.358 e. The summed E-state index contributed by atoms with van der Waals surface area (Å²) >= 11 is 0. The molecule has 0 amide bonds. The molecule has 3 rings (SSSR count). The van der Waals surface area contributed by atoms with Crippen LogP contribution in [0, 0.1) is 6.92 Å². The van der Waals surface area contributed by atoms with Crippen LogP contribution in [0.3, 0.4) is 0 Å². The number of para-hydroxylation sites is 1. The molecule has 0 radical (unpaired) electrons. The minimum atomic E-state index is -3.05. The van der Waals surface area contributed by atoms with Crippen molar-refractivity contribution in [3.63, 3.8) is 0 Å². The number of aryl methyl sites for hydroxylation is 1. The van der Waals surface area contributed by atoms with Gasteiger partial charge in [0.15, 0.2) is 0 Å². The third kappa shape index (κ3) is 2.91. The van der Waals surface area contributed by atoms with E-state index in [1.165, 1.54) is 22.2 Å². The Kier molecular flexibility index (Phi) is 4.25. The monoisotopic (exact) mass is 321 g/mol. The Morgan fingerprint density at radius 1 is 1.14 bits per heavy atom. The van der Waals surface area contributed by atoms with E-state index in [-0.39, 0.29) is 5.75 Å². The maximum Gasteiger partial charge on any atom is 0.213 e. The molecule has 0 unspecified atom stereocenters. The van der Waals surface area contributed by atoms with Gasteiger partial charge in [0.1, 0.15) is 0 Å². The summed E-state index contributed by atoms with van der Waals surface area (Å²) < 4.78 is 25.4. The first-order valence-electron chi connectivity index (χ1n) is 7.77. The molecule has 1 aliphatic rings. The zero-order valence-electron chi connectivity index (χ0n) is 13.2. The standard InChI is InChI=1S/C16H23N3O2S/c1-3-22(20,21)19-10-8-18(9-11-19)12-15-13(2)17-16-7-5-4-6-14(15)16/h4-7,17H,3,8-12H2,1-2H3. The summed E-state index contributed by atoms with van der Waals surface area (Å²) in [6.45, 7) is 7.45. The summed E-state index contributed by atoms with van der Waals surface area (Å²) in [4.78, 5) is 5.76. The van der Waals surface area contributed by atoms with E-state index in [1.54, 1.807) is 11.2 Å². The molecular formula is C16H23N3O2S. The maximum atomic E-state index is 11.9. The average molecular weight is 321 g/mol. The molecule has 0 bridgehead atoms. The molecule has 120 valence electrons. The van der Waals surface area contributed by atoms with Crippen LogP contribution in [-0.4, -0.2) is 54.5 Å². The highest BCUT2D eigenvalue weighted by molar-refractivity contribution is 7.89. The van der Waals surface area contributed by atoms with E-state index in [0.29, 0.717) is 13.1 Å². The fourth-order valence-corrected chi connectivity index (χ4v) is 4.20. The van der Waals surface area contributed by atoms with Crippen LogP contribution in [-0.2, 0) is 16.6 Å². The van der Waals surface area contributed by atoms with Crippen molar-refractivity contribution in [2.75, 3.05) is 31.9 Å². The van der Waals surface area contributed by atoms with Crippen molar-refractivity contribution in [2.45, 2.75) is 20.4 Å². The molecule has 22 heavy (non-hydrogen) atoms. The van der Waals surface area contributed by atoms with Gasteiger partial charge < -0.3 is 4.98 Å². The Labute approximate surface area is 132 Å². The molecule has 1 fully saturated rings. The number of aromatic amines is 1. The van der Waals surface area contributed by atoms with E-state index in [4.69, 9.17) is 0 Å². The van der Waals surface area contributed by atoms with E-state index in [0.717, 1.165) is 19.6 Å². The number of hydrogen-bond donors (Lipinski definition) is 1. The van der Waals surface area contributed by atoms with Gasteiger partial charge in [0.25, 0.3) is 0 Å². The first-order chi connectivity index (χ1) is 10.5. The van der Waals surface area contributed by atoms with Crippen molar-refractivity contribution >= 4 is 20.9 Å². The van der Waals surface area contributed by atoms with Crippen LogP contribution in [0.4, 0.5) is 0 Å². The van der Waals surface area contributed by atoms with Gasteiger partial charge in [0.05, 0.1) is 5.75 Å². The van der Waals surface area contributed by atoms with Crippen molar-refractivity contribution < 1.29 is 8.42 Å². The third-order valence-corrected chi connectivity index (χ3v) is 6.38. The normalized spacial score (nSPS) is 18.1. The lowest BCUT2D eigenvalue weighted by Gasteiger charge is -2.33. The summed E-state index contributed by atoms with van der Waals surface area (Å²) in [5, 5.41) is 1.27. The number of rotatable bonds is 4. The van der Waals surface area contributed by atoms with Crippen molar-refractivity contribution in [3.8, 4) is 0 Å². The molecule has 2 aromatic rings. The summed E-state index contributed by atoms with van der Waals surface area (Å²) in [5.74, 6) is 0.189. The predicted octanol–water partition coefficient (Wildman–Crippen LogP) is 1.94. The van der Waals surface area contributed by atoms with Crippen molar-refractivity contribution in [1.29, 1.82) is 0 Å². The Bertz CT molecular complexity index is 759. The molecule has 1 aromatic heterocycles. The third-order valence-electron chi connectivity index (χ3n) is 4.50. The molecule has 1 aliphatic heterocycles. The fourth-order valence-electron chi connectivity index (χ4n) is 3.11. The molecule has 5 nitrogen and oxygen atoms in total. The minimum absolute atomic E-state index is 0.189. The Balaban J connectivity index is 1.71. The zero-order valence-corrected chi connectivity index (χ0v) is 14.0. The number of nitrogens with zero attached hydrogens (tertiary/aromatic N) is 2. The molecule has 0 saturated carbocycles. The second-order valence-corrected chi connectivity index (χ2v) is 8.11. The molecule has 6 heteroatoms. The number of aromatic nitrogens is 1. The SMILES string of the molecule is CCS(=O)(=O)N1CCN(Cc2c(C)[nH]c3ccccc23)CC1. The Morgan fingerprint density at radius 3 is 2.50 bits per heavy atom. The van der Waals surface area contributed by atoms with Crippen molar-refractivity contribution in [3.05, 3.63) is 35.5 Å². The molecule has 1 saturated heterocycles. The molecule has 0 atom stereocenters. The quantitative estimate of drug-likeness (QED) is 0.936. The van der Waals surface area contributed by atoms with Gasteiger partial charge in [-0.15, -0.1) is 0 Å². The predicted molar refractivity (Wildman–Crippen MR) is 89.3 cm³/mol. The molecule has 1 N–H and O–H groups in total. The van der Waals surface area contributed by atoms with Crippen LogP contribution >= 0.6 is 0 Å². The van der Waals surface area contributed by atoms with Crippen LogP contribution in [0.5, 0.6) is 0 Å². The highest BCUT2D eigenvalue weighted by atomic mass is 32.2.